The SMILES string of the molecule is Cc1cncc(-c2cc(-c3ccccc3)cc(-c3ccccc3)c2)c1. The van der Waals surface area contributed by atoms with Crippen molar-refractivity contribution in [1.29, 1.82) is 0 Å². The molecule has 120 valence electrons. The molecule has 0 atom stereocenters. The fraction of sp³-hybridized carbons (Fsp3) is 0.0417. The van der Waals surface area contributed by atoms with Gasteiger partial charge in [-0.1, -0.05) is 60.7 Å². The van der Waals surface area contributed by atoms with Crippen molar-refractivity contribution >= 4 is 0 Å². The molecule has 25 heavy (non-hydrogen) atoms. The topological polar surface area (TPSA) is 12.9 Å². The molecule has 0 amide bonds. The molecule has 0 N–H and O–H groups in total. The maximum Gasteiger partial charge on any atom is 0.0346 e. The fourth-order valence-electron chi connectivity index (χ4n) is 3.10. The Bertz CT molecular complexity index is 931. The van der Waals surface area contributed by atoms with Crippen molar-refractivity contribution in [3.63, 3.8) is 0 Å². The summed E-state index contributed by atoms with van der Waals surface area (Å²) in [6.45, 7) is 2.08. The first-order chi connectivity index (χ1) is 12.3. The number of hydrogen-bond donors (Lipinski definition) is 0. The molecule has 1 aromatic heterocycles. The molecule has 1 nitrogen and oxygen atoms in total. The minimum atomic E-state index is 1.15. The Balaban J connectivity index is 1.92. The van der Waals surface area contributed by atoms with E-state index in [0.29, 0.717) is 0 Å². The highest BCUT2D eigenvalue weighted by molar-refractivity contribution is 5.81. The Kier molecular flexibility index (Phi) is 4.14. The molecule has 0 saturated carbocycles. The lowest BCUT2D eigenvalue weighted by molar-refractivity contribution is 1.27. The standard InChI is InChI=1S/C24H19N/c1-18-12-24(17-25-16-18)23-14-21(19-8-4-2-5-9-19)13-22(15-23)20-10-6-3-7-11-20/h2-17H,1H3. The summed E-state index contributed by atoms with van der Waals surface area (Å²) in [4.78, 5) is 4.37. The zero-order chi connectivity index (χ0) is 17.1. The molecule has 0 saturated heterocycles. The van der Waals surface area contributed by atoms with Crippen LogP contribution < -0.4 is 0 Å². The zero-order valence-corrected chi connectivity index (χ0v) is 14.2. The second kappa shape index (κ2) is 6.74. The van der Waals surface area contributed by atoms with Crippen LogP contribution in [0.3, 0.4) is 0 Å². The van der Waals surface area contributed by atoms with E-state index in [1.807, 2.05) is 12.4 Å². The Morgan fingerprint density at radius 2 is 0.960 bits per heavy atom. The number of aryl methyl sites for hydroxylation is 1. The van der Waals surface area contributed by atoms with Gasteiger partial charge in [0.2, 0.25) is 0 Å². The summed E-state index contributed by atoms with van der Waals surface area (Å²) in [7, 11) is 0. The summed E-state index contributed by atoms with van der Waals surface area (Å²) < 4.78 is 0. The van der Waals surface area contributed by atoms with Crippen molar-refractivity contribution < 1.29 is 0 Å². The van der Waals surface area contributed by atoms with Crippen molar-refractivity contribution in [2.24, 2.45) is 0 Å². The van der Waals surface area contributed by atoms with Gasteiger partial charge < -0.3 is 0 Å². The molecule has 0 radical (unpaired) electrons. The zero-order valence-electron chi connectivity index (χ0n) is 14.2. The molecule has 1 heteroatoms. The first-order valence-corrected chi connectivity index (χ1v) is 8.47. The van der Waals surface area contributed by atoms with E-state index in [4.69, 9.17) is 0 Å². The van der Waals surface area contributed by atoms with Gasteiger partial charge in [0, 0.05) is 18.0 Å². The van der Waals surface area contributed by atoms with Gasteiger partial charge in [0.15, 0.2) is 0 Å². The van der Waals surface area contributed by atoms with E-state index in [-0.39, 0.29) is 0 Å². The predicted octanol–water partition coefficient (Wildman–Crippen LogP) is 6.39. The van der Waals surface area contributed by atoms with Crippen LogP contribution in [0.2, 0.25) is 0 Å². The molecule has 0 aliphatic carbocycles. The van der Waals surface area contributed by atoms with E-state index in [2.05, 4.69) is 96.8 Å². The quantitative estimate of drug-likeness (QED) is 0.426. The van der Waals surface area contributed by atoms with Crippen molar-refractivity contribution in [2.75, 3.05) is 0 Å². The number of aromatic nitrogens is 1. The molecule has 3 aromatic carbocycles. The Hall–Kier alpha value is -3.19. The molecule has 0 spiro atoms. The van der Waals surface area contributed by atoms with Crippen molar-refractivity contribution in [3.05, 3.63) is 103 Å². The van der Waals surface area contributed by atoms with E-state index in [0.717, 1.165) is 5.56 Å². The van der Waals surface area contributed by atoms with Crippen LogP contribution in [0.5, 0.6) is 0 Å². The summed E-state index contributed by atoms with van der Waals surface area (Å²) in [5.41, 5.74) is 8.40. The van der Waals surface area contributed by atoms with Crippen LogP contribution in [-0.2, 0) is 0 Å². The average molecular weight is 321 g/mol. The largest absolute Gasteiger partial charge is 0.264 e. The highest BCUT2D eigenvalue weighted by Gasteiger charge is 2.07. The van der Waals surface area contributed by atoms with Gasteiger partial charge in [-0.05, 0) is 64.6 Å². The molecule has 0 aliphatic rings. The van der Waals surface area contributed by atoms with Gasteiger partial charge in [0.1, 0.15) is 0 Å². The van der Waals surface area contributed by atoms with Gasteiger partial charge in [-0.2, -0.15) is 0 Å². The van der Waals surface area contributed by atoms with E-state index in [1.54, 1.807) is 0 Å². The van der Waals surface area contributed by atoms with Crippen molar-refractivity contribution in [1.82, 2.24) is 4.98 Å². The number of pyridine rings is 1. The second-order valence-electron chi connectivity index (χ2n) is 6.28. The molecule has 1 heterocycles. The lowest BCUT2D eigenvalue weighted by atomic mass is 9.93. The van der Waals surface area contributed by atoms with E-state index >= 15 is 0 Å². The molecule has 0 aliphatic heterocycles. The summed E-state index contributed by atoms with van der Waals surface area (Å²) >= 11 is 0. The first-order valence-electron chi connectivity index (χ1n) is 8.47. The summed E-state index contributed by atoms with van der Waals surface area (Å²) in [6.07, 6.45) is 3.83. The van der Waals surface area contributed by atoms with Crippen LogP contribution in [0.15, 0.2) is 97.3 Å². The summed E-state index contributed by atoms with van der Waals surface area (Å²) in [6, 6.07) is 30.0. The van der Waals surface area contributed by atoms with Gasteiger partial charge in [0.05, 0.1) is 0 Å². The lowest BCUT2D eigenvalue weighted by Gasteiger charge is -2.11. The maximum atomic E-state index is 4.37. The molecule has 4 aromatic rings. The van der Waals surface area contributed by atoms with Gasteiger partial charge in [0.25, 0.3) is 0 Å². The Labute approximate surface area is 148 Å². The normalized spacial score (nSPS) is 10.6. The third-order valence-electron chi connectivity index (χ3n) is 4.36. The third kappa shape index (κ3) is 3.36. The maximum absolute atomic E-state index is 4.37. The van der Waals surface area contributed by atoms with Gasteiger partial charge in [-0.3, -0.25) is 4.98 Å². The molecule has 4 rings (SSSR count). The van der Waals surface area contributed by atoms with Crippen LogP contribution >= 0.6 is 0 Å². The van der Waals surface area contributed by atoms with E-state index < -0.39 is 0 Å². The first kappa shape index (κ1) is 15.3. The molecular weight excluding hydrogens is 302 g/mol. The van der Waals surface area contributed by atoms with Crippen molar-refractivity contribution in [2.45, 2.75) is 6.92 Å². The van der Waals surface area contributed by atoms with Crippen LogP contribution in [0.4, 0.5) is 0 Å². The van der Waals surface area contributed by atoms with Crippen LogP contribution in [0.1, 0.15) is 5.56 Å². The van der Waals surface area contributed by atoms with Gasteiger partial charge in [-0.25, -0.2) is 0 Å². The number of rotatable bonds is 3. The van der Waals surface area contributed by atoms with Gasteiger partial charge in [-0.15, -0.1) is 0 Å². The minimum absolute atomic E-state index is 1.15. The molecule has 0 bridgehead atoms. The Morgan fingerprint density at radius 3 is 1.44 bits per heavy atom. The predicted molar refractivity (Wildman–Crippen MR) is 105 cm³/mol. The Morgan fingerprint density at radius 1 is 0.480 bits per heavy atom. The van der Waals surface area contributed by atoms with Crippen molar-refractivity contribution in [3.8, 4) is 33.4 Å². The second-order valence-corrected chi connectivity index (χ2v) is 6.28. The summed E-state index contributed by atoms with van der Waals surface area (Å²) in [5.74, 6) is 0. The summed E-state index contributed by atoms with van der Waals surface area (Å²) in [5, 5.41) is 0. The minimum Gasteiger partial charge on any atom is -0.264 e. The highest BCUT2D eigenvalue weighted by atomic mass is 14.6. The highest BCUT2D eigenvalue weighted by Crippen LogP contribution is 2.32. The van der Waals surface area contributed by atoms with Crippen LogP contribution in [-0.4, -0.2) is 4.98 Å². The number of hydrogen-bond acceptors (Lipinski definition) is 1. The van der Waals surface area contributed by atoms with E-state index in [1.165, 1.54) is 33.4 Å². The average Bonchev–Trinajstić information content (AvgIpc) is 2.69. The molecule has 0 unspecified atom stereocenters. The molecule has 0 fully saturated rings. The van der Waals surface area contributed by atoms with Crippen LogP contribution in [0.25, 0.3) is 33.4 Å². The van der Waals surface area contributed by atoms with E-state index in [9.17, 15) is 0 Å². The monoisotopic (exact) mass is 321 g/mol. The smallest absolute Gasteiger partial charge is 0.0346 e. The lowest BCUT2D eigenvalue weighted by Crippen LogP contribution is -1.87. The number of benzene rings is 3. The fourth-order valence-corrected chi connectivity index (χ4v) is 3.10. The number of nitrogens with zero attached hydrogens (tertiary/aromatic N) is 1. The molecular formula is C24H19N. The van der Waals surface area contributed by atoms with Gasteiger partial charge >= 0.3 is 0 Å². The third-order valence-corrected chi connectivity index (χ3v) is 4.36. The van der Waals surface area contributed by atoms with Crippen LogP contribution in [0, 0.1) is 6.92 Å².